The lowest BCUT2D eigenvalue weighted by Gasteiger charge is -2.22. The SMILES string of the molecule is C[C@H](NP(Oc1ccccc1)Oc1c(F)c(F)c(F)c(F)c1F)C(=O)OCc1ccccc1. The zero-order valence-electron chi connectivity index (χ0n) is 17.0. The minimum atomic E-state index is -2.60. The minimum absolute atomic E-state index is 0.0400. The highest BCUT2D eigenvalue weighted by Gasteiger charge is 2.32. The van der Waals surface area contributed by atoms with Gasteiger partial charge in [0.2, 0.25) is 34.8 Å². The second kappa shape index (κ2) is 11.1. The Morgan fingerprint density at radius 2 is 1.33 bits per heavy atom. The van der Waals surface area contributed by atoms with Crippen LogP contribution in [-0.4, -0.2) is 12.0 Å². The molecule has 11 heteroatoms. The molecule has 3 aromatic rings. The minimum Gasteiger partial charge on any atom is -0.460 e. The van der Waals surface area contributed by atoms with Gasteiger partial charge in [0.1, 0.15) is 18.4 Å². The predicted molar refractivity (Wildman–Crippen MR) is 110 cm³/mol. The zero-order valence-corrected chi connectivity index (χ0v) is 17.9. The number of carbonyl (C=O) groups excluding carboxylic acids is 1. The van der Waals surface area contributed by atoms with Gasteiger partial charge in [-0.25, -0.2) is 18.3 Å². The van der Waals surface area contributed by atoms with Crippen LogP contribution in [0, 0.1) is 29.1 Å². The van der Waals surface area contributed by atoms with E-state index in [-0.39, 0.29) is 12.4 Å². The van der Waals surface area contributed by atoms with E-state index in [9.17, 15) is 26.7 Å². The van der Waals surface area contributed by atoms with E-state index < -0.39 is 55.4 Å². The lowest BCUT2D eigenvalue weighted by atomic mass is 10.2. The maximum Gasteiger partial charge on any atom is 0.382 e. The van der Waals surface area contributed by atoms with Gasteiger partial charge in [0.25, 0.3) is 0 Å². The Kier molecular flexibility index (Phi) is 8.19. The maximum absolute atomic E-state index is 14.1. The van der Waals surface area contributed by atoms with Crippen molar-refractivity contribution >= 4 is 14.5 Å². The van der Waals surface area contributed by atoms with Crippen LogP contribution in [0.25, 0.3) is 0 Å². The Bertz CT molecular complexity index is 1080. The van der Waals surface area contributed by atoms with E-state index >= 15 is 0 Å². The normalized spacial score (nSPS) is 12.7. The topological polar surface area (TPSA) is 56.8 Å². The Hall–Kier alpha value is -3.23. The van der Waals surface area contributed by atoms with Crippen LogP contribution in [0.15, 0.2) is 60.7 Å². The molecule has 0 aromatic heterocycles. The van der Waals surface area contributed by atoms with Gasteiger partial charge in [-0.15, -0.1) is 0 Å². The van der Waals surface area contributed by atoms with Gasteiger partial charge >= 0.3 is 14.5 Å². The first-order chi connectivity index (χ1) is 15.8. The largest absolute Gasteiger partial charge is 0.460 e. The number of carbonyl (C=O) groups is 1. The van der Waals surface area contributed by atoms with Crippen LogP contribution in [-0.2, 0) is 16.1 Å². The molecule has 33 heavy (non-hydrogen) atoms. The highest BCUT2D eigenvalue weighted by Crippen LogP contribution is 2.41. The molecule has 0 saturated heterocycles. The highest BCUT2D eigenvalue weighted by molar-refractivity contribution is 7.45. The van der Waals surface area contributed by atoms with Crippen molar-refractivity contribution in [2.75, 3.05) is 0 Å². The van der Waals surface area contributed by atoms with E-state index in [1.165, 1.54) is 19.1 Å². The highest BCUT2D eigenvalue weighted by atomic mass is 31.2. The first-order valence-electron chi connectivity index (χ1n) is 9.47. The molecule has 0 amide bonds. The Balaban J connectivity index is 1.78. The van der Waals surface area contributed by atoms with Gasteiger partial charge in [0, 0.05) is 0 Å². The fraction of sp³-hybridized carbons (Fsp3) is 0.136. The van der Waals surface area contributed by atoms with Crippen molar-refractivity contribution in [3.63, 3.8) is 0 Å². The zero-order chi connectivity index (χ0) is 24.0. The molecule has 0 aliphatic heterocycles. The number of hydrogen-bond acceptors (Lipinski definition) is 5. The number of ether oxygens (including phenoxy) is 1. The standard InChI is InChI=1S/C22H17F5NO4P/c1-13(22(29)30-12-14-8-4-2-5-9-14)28-33(31-15-10-6-3-7-11-15)32-21-19(26)17(24)16(23)18(25)20(21)27/h2-11,13,28H,12H2,1H3/t13-,33?/m0/s1. The second-order valence-corrected chi connectivity index (χ2v) is 7.73. The van der Waals surface area contributed by atoms with Crippen molar-refractivity contribution in [2.45, 2.75) is 19.6 Å². The van der Waals surface area contributed by atoms with Crippen molar-refractivity contribution in [3.8, 4) is 11.5 Å². The van der Waals surface area contributed by atoms with Crippen molar-refractivity contribution < 1.29 is 40.5 Å². The van der Waals surface area contributed by atoms with E-state index in [0.29, 0.717) is 0 Å². The number of nitrogens with one attached hydrogen (secondary N) is 1. The Morgan fingerprint density at radius 1 is 0.818 bits per heavy atom. The molecule has 0 radical (unpaired) electrons. The van der Waals surface area contributed by atoms with Crippen LogP contribution in [0.5, 0.6) is 11.5 Å². The molecule has 2 atom stereocenters. The number of benzene rings is 3. The number of esters is 1. The van der Waals surface area contributed by atoms with E-state index in [2.05, 4.69) is 5.09 Å². The molecule has 0 aliphatic carbocycles. The molecular formula is C22H17F5NO4P. The summed E-state index contributed by atoms with van der Waals surface area (Å²) >= 11 is 0. The molecule has 3 rings (SSSR count). The molecule has 5 nitrogen and oxygen atoms in total. The molecule has 3 aromatic carbocycles. The molecule has 174 valence electrons. The van der Waals surface area contributed by atoms with Crippen LogP contribution in [0.4, 0.5) is 22.0 Å². The summed E-state index contributed by atoms with van der Waals surface area (Å²) < 4.78 is 84.3. The third-order valence-electron chi connectivity index (χ3n) is 4.15. The fourth-order valence-corrected chi connectivity index (χ4v) is 3.66. The van der Waals surface area contributed by atoms with E-state index in [1.807, 2.05) is 0 Å². The summed E-state index contributed by atoms with van der Waals surface area (Å²) in [6.45, 7) is 1.32. The van der Waals surface area contributed by atoms with Gasteiger partial charge in [-0.1, -0.05) is 48.5 Å². The van der Waals surface area contributed by atoms with Gasteiger partial charge in [0.05, 0.1) is 0 Å². The smallest absolute Gasteiger partial charge is 0.382 e. The summed E-state index contributed by atoms with van der Waals surface area (Å²) in [7, 11) is -2.60. The fourth-order valence-electron chi connectivity index (χ4n) is 2.46. The summed E-state index contributed by atoms with van der Waals surface area (Å²) in [6, 6.07) is 15.4. The lowest BCUT2D eigenvalue weighted by molar-refractivity contribution is -0.146. The van der Waals surface area contributed by atoms with Gasteiger partial charge < -0.3 is 13.8 Å². The Morgan fingerprint density at radius 3 is 1.91 bits per heavy atom. The quantitative estimate of drug-likeness (QED) is 0.137. The number of hydrogen-bond donors (Lipinski definition) is 1. The van der Waals surface area contributed by atoms with E-state index in [0.717, 1.165) is 5.56 Å². The van der Waals surface area contributed by atoms with Crippen molar-refractivity contribution in [3.05, 3.63) is 95.3 Å². The monoisotopic (exact) mass is 485 g/mol. The van der Waals surface area contributed by atoms with Crippen LogP contribution in [0.1, 0.15) is 12.5 Å². The van der Waals surface area contributed by atoms with Gasteiger partial charge in [-0.3, -0.25) is 4.79 Å². The predicted octanol–water partition coefficient (Wildman–Crippen LogP) is 5.79. The molecule has 0 saturated carbocycles. The van der Waals surface area contributed by atoms with Crippen molar-refractivity contribution in [1.82, 2.24) is 5.09 Å². The molecular weight excluding hydrogens is 468 g/mol. The Labute approximate surface area is 187 Å². The molecule has 0 bridgehead atoms. The molecule has 0 aliphatic rings. The van der Waals surface area contributed by atoms with E-state index in [1.54, 1.807) is 48.5 Å². The maximum atomic E-state index is 14.1. The number of halogens is 5. The molecule has 0 fully saturated rings. The number of rotatable bonds is 9. The van der Waals surface area contributed by atoms with Crippen LogP contribution in [0.3, 0.4) is 0 Å². The average Bonchev–Trinajstić information content (AvgIpc) is 2.83. The first kappa shape index (κ1) is 24.4. The molecule has 1 unspecified atom stereocenters. The number of para-hydroxylation sites is 1. The third kappa shape index (κ3) is 6.18. The summed E-state index contributed by atoms with van der Waals surface area (Å²) in [6.07, 6.45) is 0. The summed E-state index contributed by atoms with van der Waals surface area (Å²) in [5, 5.41) is 2.53. The lowest BCUT2D eigenvalue weighted by Crippen LogP contribution is -2.34. The van der Waals surface area contributed by atoms with E-state index in [4.69, 9.17) is 13.8 Å². The van der Waals surface area contributed by atoms with Crippen molar-refractivity contribution in [1.29, 1.82) is 0 Å². The summed E-state index contributed by atoms with van der Waals surface area (Å²) in [5.41, 5.74) is 0.721. The van der Waals surface area contributed by atoms with Gasteiger partial charge in [-0.2, -0.15) is 8.78 Å². The van der Waals surface area contributed by atoms with Crippen LogP contribution < -0.4 is 14.1 Å². The second-order valence-electron chi connectivity index (χ2n) is 6.60. The molecule has 0 heterocycles. The average molecular weight is 485 g/mol. The van der Waals surface area contributed by atoms with Crippen LogP contribution in [0.2, 0.25) is 0 Å². The summed E-state index contributed by atoms with van der Waals surface area (Å²) in [4.78, 5) is 12.3. The third-order valence-corrected chi connectivity index (χ3v) is 5.47. The molecule has 0 spiro atoms. The van der Waals surface area contributed by atoms with Crippen molar-refractivity contribution in [2.24, 2.45) is 0 Å². The molecule has 1 N–H and O–H groups in total. The van der Waals surface area contributed by atoms with Gasteiger partial charge in [-0.05, 0) is 24.6 Å². The van der Waals surface area contributed by atoms with Crippen LogP contribution >= 0.6 is 8.53 Å². The first-order valence-corrected chi connectivity index (χ1v) is 10.6. The van der Waals surface area contributed by atoms with Gasteiger partial charge in [0.15, 0.2) is 0 Å². The summed E-state index contributed by atoms with van der Waals surface area (Å²) in [5.74, 6) is -13.1.